The van der Waals surface area contributed by atoms with Gasteiger partial charge < -0.3 is 15.0 Å². The van der Waals surface area contributed by atoms with Gasteiger partial charge in [0, 0.05) is 24.8 Å². The summed E-state index contributed by atoms with van der Waals surface area (Å²) in [7, 11) is 0. The maximum atomic E-state index is 12.3. The molecule has 3 rings (SSSR count). The summed E-state index contributed by atoms with van der Waals surface area (Å²) in [6, 6.07) is 3.72. The minimum Gasteiger partial charge on any atom is -0.444 e. The lowest BCUT2D eigenvalue weighted by atomic mass is 9.89. The van der Waals surface area contributed by atoms with Crippen LogP contribution in [0, 0.1) is 13.5 Å². The zero-order chi connectivity index (χ0) is 21.2. The largest absolute Gasteiger partial charge is 0.444 e. The van der Waals surface area contributed by atoms with Crippen molar-refractivity contribution in [1.29, 1.82) is 0 Å². The lowest BCUT2D eigenvalue weighted by Crippen LogP contribution is -2.41. The molecule has 1 aliphatic rings. The van der Waals surface area contributed by atoms with Gasteiger partial charge in [0.2, 0.25) is 5.69 Å². The number of aryl methyl sites for hydroxylation is 1. The van der Waals surface area contributed by atoms with Crippen molar-refractivity contribution in [2.75, 3.05) is 18.4 Å². The molecule has 1 saturated heterocycles. The monoisotopic (exact) mass is 416 g/mol. The molecule has 9 heteroatoms. The minimum absolute atomic E-state index is 0.111. The fraction of sp³-hybridized carbons (Fsp3) is 0.500. The summed E-state index contributed by atoms with van der Waals surface area (Å²) in [5.74, 6) is 1.28. The molecule has 1 fully saturated rings. The van der Waals surface area contributed by atoms with Gasteiger partial charge in [-0.1, -0.05) is 11.6 Å². The third-order valence-electron chi connectivity index (χ3n) is 4.64. The Morgan fingerprint density at radius 2 is 2.03 bits per heavy atom. The number of carbonyl (C=O) groups is 1. The average Bonchev–Trinajstić information content (AvgIpc) is 3.04. The van der Waals surface area contributed by atoms with E-state index in [1.165, 1.54) is 0 Å². The van der Waals surface area contributed by atoms with Crippen molar-refractivity contribution in [2.24, 2.45) is 0 Å². The Labute approximate surface area is 175 Å². The Morgan fingerprint density at radius 3 is 2.59 bits per heavy atom. The van der Waals surface area contributed by atoms with Crippen LogP contribution in [0.15, 0.2) is 12.1 Å². The van der Waals surface area contributed by atoms with Crippen LogP contribution in [0.5, 0.6) is 0 Å². The van der Waals surface area contributed by atoms with Gasteiger partial charge in [-0.15, -0.1) is 0 Å². The molecule has 0 aromatic carbocycles. The van der Waals surface area contributed by atoms with Crippen molar-refractivity contribution in [3.63, 3.8) is 0 Å². The Hall–Kier alpha value is -2.79. The van der Waals surface area contributed by atoms with Crippen LogP contribution in [0.25, 0.3) is 4.85 Å². The maximum absolute atomic E-state index is 12.3. The third-order valence-corrected chi connectivity index (χ3v) is 4.90. The van der Waals surface area contributed by atoms with E-state index in [0.717, 1.165) is 24.1 Å². The summed E-state index contributed by atoms with van der Waals surface area (Å²) >= 11 is 6.30. The molecule has 0 unspecified atom stereocenters. The van der Waals surface area contributed by atoms with Gasteiger partial charge in [-0.2, -0.15) is 5.10 Å². The number of anilines is 2. The molecule has 0 atom stereocenters. The van der Waals surface area contributed by atoms with E-state index >= 15 is 0 Å². The van der Waals surface area contributed by atoms with E-state index in [1.54, 1.807) is 4.90 Å². The average molecular weight is 417 g/mol. The second-order valence-electron chi connectivity index (χ2n) is 8.15. The van der Waals surface area contributed by atoms with Crippen molar-refractivity contribution in [1.82, 2.24) is 20.1 Å². The quantitative estimate of drug-likeness (QED) is 0.532. The van der Waals surface area contributed by atoms with Crippen molar-refractivity contribution < 1.29 is 9.53 Å². The molecule has 0 spiro atoms. The molecule has 0 radical (unpaired) electrons. The number of aromatic amines is 1. The van der Waals surface area contributed by atoms with Gasteiger partial charge in [-0.3, -0.25) is 5.10 Å². The molecule has 0 aliphatic carbocycles. The smallest absolute Gasteiger partial charge is 0.410 e. The molecule has 0 saturated carbocycles. The molecule has 2 aromatic rings. The molecule has 2 aromatic heterocycles. The first-order chi connectivity index (χ1) is 13.7. The highest BCUT2D eigenvalue weighted by molar-refractivity contribution is 6.32. The number of likely N-dealkylation sites (tertiary alicyclic amines) is 1. The molecule has 8 nitrogen and oxygen atoms in total. The van der Waals surface area contributed by atoms with Crippen LogP contribution in [0.2, 0.25) is 5.15 Å². The summed E-state index contributed by atoms with van der Waals surface area (Å²) in [5.41, 5.74) is 1.62. The van der Waals surface area contributed by atoms with E-state index in [-0.39, 0.29) is 17.2 Å². The Bertz CT molecular complexity index is 935. The Kier molecular flexibility index (Phi) is 5.99. The van der Waals surface area contributed by atoms with E-state index in [1.807, 2.05) is 39.8 Å². The van der Waals surface area contributed by atoms with E-state index in [2.05, 4.69) is 25.3 Å². The third kappa shape index (κ3) is 5.18. The van der Waals surface area contributed by atoms with Crippen LogP contribution in [-0.4, -0.2) is 44.9 Å². The van der Waals surface area contributed by atoms with Gasteiger partial charge in [-0.05, 0) is 58.1 Å². The predicted molar refractivity (Wildman–Crippen MR) is 112 cm³/mol. The number of H-pyrrole nitrogens is 1. The molecule has 29 heavy (non-hydrogen) atoms. The normalized spacial score (nSPS) is 15.1. The fourth-order valence-corrected chi connectivity index (χ4v) is 3.57. The van der Waals surface area contributed by atoms with Crippen molar-refractivity contribution in [2.45, 2.75) is 52.1 Å². The minimum atomic E-state index is -0.519. The standard InChI is InChI=1S/C20H25ClN6O2/c1-12-10-16(26-25-12)23-15-11-14(17(22-5)18(21)24-15)13-6-8-27(9-7-13)19(28)29-20(2,3)4/h10-11,13H,6-9H2,1-4H3,(H2,23,24,25,26). The number of hydrogen-bond acceptors (Lipinski definition) is 5. The van der Waals surface area contributed by atoms with E-state index in [4.69, 9.17) is 22.9 Å². The summed E-state index contributed by atoms with van der Waals surface area (Å²) in [4.78, 5) is 21.9. The van der Waals surface area contributed by atoms with Gasteiger partial charge >= 0.3 is 6.09 Å². The van der Waals surface area contributed by atoms with Crippen molar-refractivity contribution in [3.8, 4) is 0 Å². The summed E-state index contributed by atoms with van der Waals surface area (Å²) in [6.45, 7) is 16.1. The Balaban J connectivity index is 1.76. The van der Waals surface area contributed by atoms with Gasteiger partial charge in [-0.25, -0.2) is 14.6 Å². The first-order valence-corrected chi connectivity index (χ1v) is 9.89. The number of amides is 1. The summed E-state index contributed by atoms with van der Waals surface area (Å²) < 4.78 is 5.46. The fourth-order valence-electron chi connectivity index (χ4n) is 3.32. The highest BCUT2D eigenvalue weighted by Crippen LogP contribution is 2.40. The lowest BCUT2D eigenvalue weighted by Gasteiger charge is -2.34. The molecular weight excluding hydrogens is 392 g/mol. The van der Waals surface area contributed by atoms with Gasteiger partial charge in [0.05, 0.1) is 6.57 Å². The van der Waals surface area contributed by atoms with Gasteiger partial charge in [0.1, 0.15) is 16.6 Å². The van der Waals surface area contributed by atoms with Gasteiger partial charge in [0.25, 0.3) is 0 Å². The number of piperidine rings is 1. The number of rotatable bonds is 3. The van der Waals surface area contributed by atoms with Gasteiger partial charge in [0.15, 0.2) is 5.82 Å². The van der Waals surface area contributed by atoms with Crippen LogP contribution in [-0.2, 0) is 4.74 Å². The van der Waals surface area contributed by atoms with E-state index in [9.17, 15) is 4.79 Å². The number of carbonyl (C=O) groups excluding carboxylic acids is 1. The van der Waals surface area contributed by atoms with E-state index in [0.29, 0.717) is 30.4 Å². The van der Waals surface area contributed by atoms with Crippen LogP contribution in [0.4, 0.5) is 22.1 Å². The highest BCUT2D eigenvalue weighted by Gasteiger charge is 2.29. The van der Waals surface area contributed by atoms with Crippen LogP contribution < -0.4 is 5.32 Å². The highest BCUT2D eigenvalue weighted by atomic mass is 35.5. The number of pyridine rings is 1. The second-order valence-corrected chi connectivity index (χ2v) is 8.51. The number of halogens is 1. The van der Waals surface area contributed by atoms with Crippen LogP contribution in [0.3, 0.4) is 0 Å². The molecule has 3 heterocycles. The zero-order valence-corrected chi connectivity index (χ0v) is 17.8. The molecule has 1 amide bonds. The molecule has 0 bridgehead atoms. The summed E-state index contributed by atoms with van der Waals surface area (Å²) in [5, 5.41) is 10.3. The van der Waals surface area contributed by atoms with Crippen LogP contribution >= 0.6 is 11.6 Å². The zero-order valence-electron chi connectivity index (χ0n) is 17.0. The maximum Gasteiger partial charge on any atom is 0.410 e. The molecule has 154 valence electrons. The number of ether oxygens (including phenoxy) is 1. The van der Waals surface area contributed by atoms with Crippen molar-refractivity contribution in [3.05, 3.63) is 40.0 Å². The predicted octanol–water partition coefficient (Wildman–Crippen LogP) is 5.18. The summed E-state index contributed by atoms with van der Waals surface area (Å²) in [6.07, 6.45) is 1.15. The number of aromatic nitrogens is 3. The molecule has 1 aliphatic heterocycles. The van der Waals surface area contributed by atoms with Crippen LogP contribution in [0.1, 0.15) is 50.8 Å². The first-order valence-electron chi connectivity index (χ1n) is 9.51. The first kappa shape index (κ1) is 20.9. The SMILES string of the molecule is [C-]#[N+]c1c(C2CCN(C(=O)OC(C)(C)C)CC2)cc(Nc2cc(C)[nH]n2)nc1Cl. The van der Waals surface area contributed by atoms with E-state index < -0.39 is 5.60 Å². The molecular formula is C20H25ClN6O2. The number of hydrogen-bond donors (Lipinski definition) is 2. The second kappa shape index (κ2) is 8.29. The molecule has 2 N–H and O–H groups in total. The van der Waals surface area contributed by atoms with Crippen molar-refractivity contribution >= 4 is 35.0 Å². The topological polar surface area (TPSA) is 87.5 Å². The number of nitrogens with one attached hydrogen (secondary N) is 2. The number of nitrogens with zero attached hydrogens (tertiary/aromatic N) is 4. The Morgan fingerprint density at radius 1 is 1.34 bits per heavy atom. The lowest BCUT2D eigenvalue weighted by molar-refractivity contribution is 0.0205.